The van der Waals surface area contributed by atoms with Crippen molar-refractivity contribution in [2.24, 2.45) is 0 Å². The predicted octanol–water partition coefficient (Wildman–Crippen LogP) is 1.17. The maximum absolute atomic E-state index is 12.4. The molecule has 0 aliphatic carbocycles. The van der Waals surface area contributed by atoms with Gasteiger partial charge in [-0.2, -0.15) is 0 Å². The largest absolute Gasteiger partial charge is 0.325 e. The Kier molecular flexibility index (Phi) is 4.69. The smallest absolute Gasteiger partial charge is 0.310 e. The number of hydrogen-bond acceptors (Lipinski definition) is 4. The second-order valence-electron chi connectivity index (χ2n) is 4.76. The SMILES string of the molecule is Cc1[nH]c(=O)[nH]c(=O)c1S(=O)(=O)NC(C)c1cccc(Br)c1. The van der Waals surface area contributed by atoms with E-state index in [4.69, 9.17) is 0 Å². The summed E-state index contributed by atoms with van der Waals surface area (Å²) in [6.07, 6.45) is 0. The maximum atomic E-state index is 12.4. The van der Waals surface area contributed by atoms with E-state index in [0.717, 1.165) is 10.0 Å². The van der Waals surface area contributed by atoms with Crippen molar-refractivity contribution in [1.29, 1.82) is 0 Å². The second kappa shape index (κ2) is 6.19. The molecule has 1 unspecified atom stereocenters. The number of aryl methyl sites for hydroxylation is 1. The zero-order valence-electron chi connectivity index (χ0n) is 11.8. The Hall–Kier alpha value is -1.71. The third-order valence-electron chi connectivity index (χ3n) is 3.02. The predicted molar refractivity (Wildman–Crippen MR) is 85.3 cm³/mol. The molecule has 0 aliphatic rings. The number of aromatic amines is 2. The van der Waals surface area contributed by atoms with Crippen LogP contribution in [0.3, 0.4) is 0 Å². The first-order chi connectivity index (χ1) is 10.2. The van der Waals surface area contributed by atoms with Gasteiger partial charge in [-0.25, -0.2) is 17.9 Å². The van der Waals surface area contributed by atoms with Crippen LogP contribution in [0.2, 0.25) is 0 Å². The number of rotatable bonds is 4. The third kappa shape index (κ3) is 3.54. The molecule has 1 heterocycles. The van der Waals surface area contributed by atoms with E-state index in [2.05, 4.69) is 25.6 Å². The second-order valence-corrected chi connectivity index (χ2v) is 7.33. The molecule has 9 heteroatoms. The van der Waals surface area contributed by atoms with Crippen LogP contribution in [-0.4, -0.2) is 18.4 Å². The molecule has 0 spiro atoms. The van der Waals surface area contributed by atoms with E-state index in [1.54, 1.807) is 25.1 Å². The molecule has 0 saturated heterocycles. The molecule has 2 aromatic rings. The summed E-state index contributed by atoms with van der Waals surface area (Å²) in [4.78, 5) is 26.6. The van der Waals surface area contributed by atoms with Gasteiger partial charge in [0.05, 0.1) is 0 Å². The number of aromatic nitrogens is 2. The van der Waals surface area contributed by atoms with Gasteiger partial charge < -0.3 is 4.98 Å². The Labute approximate surface area is 135 Å². The lowest BCUT2D eigenvalue weighted by Gasteiger charge is -2.15. The monoisotopic (exact) mass is 387 g/mol. The molecule has 0 radical (unpaired) electrons. The molecular formula is C13H14BrN3O4S. The highest BCUT2D eigenvalue weighted by molar-refractivity contribution is 9.10. The summed E-state index contributed by atoms with van der Waals surface area (Å²) in [7, 11) is -4.08. The molecule has 3 N–H and O–H groups in total. The van der Waals surface area contributed by atoms with Crippen molar-refractivity contribution in [3.05, 3.63) is 60.8 Å². The lowest BCUT2D eigenvalue weighted by molar-refractivity contribution is 0.563. The molecule has 0 bridgehead atoms. The Bertz CT molecular complexity index is 917. The minimum absolute atomic E-state index is 0.0114. The van der Waals surface area contributed by atoms with Gasteiger partial charge in [0.25, 0.3) is 5.56 Å². The Morgan fingerprint density at radius 3 is 2.50 bits per heavy atom. The van der Waals surface area contributed by atoms with Crippen LogP contribution in [0.15, 0.2) is 43.2 Å². The first kappa shape index (κ1) is 16.7. The maximum Gasteiger partial charge on any atom is 0.325 e. The minimum Gasteiger partial charge on any atom is -0.310 e. The molecule has 1 aromatic heterocycles. The van der Waals surface area contributed by atoms with Gasteiger partial charge in [-0.05, 0) is 31.5 Å². The minimum atomic E-state index is -4.08. The van der Waals surface area contributed by atoms with Gasteiger partial charge in [-0.3, -0.25) is 9.78 Å². The van der Waals surface area contributed by atoms with E-state index in [-0.39, 0.29) is 5.69 Å². The fourth-order valence-electron chi connectivity index (χ4n) is 2.05. The first-order valence-electron chi connectivity index (χ1n) is 6.31. The Morgan fingerprint density at radius 1 is 1.23 bits per heavy atom. The van der Waals surface area contributed by atoms with Crippen molar-refractivity contribution in [1.82, 2.24) is 14.7 Å². The zero-order valence-corrected chi connectivity index (χ0v) is 14.2. The highest BCUT2D eigenvalue weighted by atomic mass is 79.9. The van der Waals surface area contributed by atoms with Crippen molar-refractivity contribution in [3.63, 3.8) is 0 Å². The van der Waals surface area contributed by atoms with Gasteiger partial charge in [0, 0.05) is 16.2 Å². The molecule has 1 atom stereocenters. The summed E-state index contributed by atoms with van der Waals surface area (Å²) in [6, 6.07) is 6.59. The summed E-state index contributed by atoms with van der Waals surface area (Å²) in [6.45, 7) is 3.02. The van der Waals surface area contributed by atoms with Gasteiger partial charge in [-0.15, -0.1) is 0 Å². The van der Waals surface area contributed by atoms with Crippen LogP contribution >= 0.6 is 15.9 Å². The number of sulfonamides is 1. The molecule has 2 rings (SSSR count). The highest BCUT2D eigenvalue weighted by Gasteiger charge is 2.24. The first-order valence-corrected chi connectivity index (χ1v) is 8.59. The highest BCUT2D eigenvalue weighted by Crippen LogP contribution is 2.19. The third-order valence-corrected chi connectivity index (χ3v) is 5.21. The number of hydrogen-bond donors (Lipinski definition) is 3. The molecule has 22 heavy (non-hydrogen) atoms. The van der Waals surface area contributed by atoms with Gasteiger partial charge in [0.2, 0.25) is 10.0 Å². The fraction of sp³-hybridized carbons (Fsp3) is 0.231. The van der Waals surface area contributed by atoms with Crippen molar-refractivity contribution in [2.45, 2.75) is 24.8 Å². The van der Waals surface area contributed by atoms with E-state index >= 15 is 0 Å². The lowest BCUT2D eigenvalue weighted by Crippen LogP contribution is -2.35. The normalized spacial score (nSPS) is 13.0. The summed E-state index contributed by atoms with van der Waals surface area (Å²) in [5.74, 6) is 0. The standard InChI is InChI=1S/C13H14BrN3O4S/c1-7(9-4-3-5-10(14)6-9)17-22(20,21)11-8(2)15-13(19)16-12(11)18/h3-7,17H,1-2H3,(H2,15,16,18,19). The summed E-state index contributed by atoms with van der Waals surface area (Å²) in [5, 5.41) is 0. The lowest BCUT2D eigenvalue weighted by atomic mass is 10.1. The van der Waals surface area contributed by atoms with Crippen LogP contribution in [0, 0.1) is 6.92 Å². The van der Waals surface area contributed by atoms with Gasteiger partial charge >= 0.3 is 5.69 Å². The quantitative estimate of drug-likeness (QED) is 0.730. The van der Waals surface area contributed by atoms with Crippen LogP contribution < -0.4 is 16.0 Å². The molecule has 7 nitrogen and oxygen atoms in total. The molecule has 0 saturated carbocycles. The van der Waals surface area contributed by atoms with Gasteiger partial charge in [-0.1, -0.05) is 28.1 Å². The van der Waals surface area contributed by atoms with E-state index in [1.807, 2.05) is 11.1 Å². The van der Waals surface area contributed by atoms with Gasteiger partial charge in [0.15, 0.2) is 4.90 Å². The van der Waals surface area contributed by atoms with Crippen LogP contribution in [0.1, 0.15) is 24.2 Å². The van der Waals surface area contributed by atoms with Crippen molar-refractivity contribution >= 4 is 26.0 Å². The Morgan fingerprint density at radius 2 is 1.91 bits per heavy atom. The molecule has 0 fully saturated rings. The average Bonchev–Trinajstić information content (AvgIpc) is 2.36. The van der Waals surface area contributed by atoms with Crippen LogP contribution in [0.25, 0.3) is 0 Å². The number of H-pyrrole nitrogens is 2. The van der Waals surface area contributed by atoms with Crippen molar-refractivity contribution in [3.8, 4) is 0 Å². The molecule has 118 valence electrons. The molecule has 1 aromatic carbocycles. The molecule has 0 amide bonds. The van der Waals surface area contributed by atoms with Crippen LogP contribution in [-0.2, 0) is 10.0 Å². The molecular weight excluding hydrogens is 374 g/mol. The average molecular weight is 388 g/mol. The number of halogens is 1. The van der Waals surface area contributed by atoms with E-state index in [1.165, 1.54) is 6.92 Å². The van der Waals surface area contributed by atoms with Gasteiger partial charge in [0.1, 0.15) is 0 Å². The van der Waals surface area contributed by atoms with Crippen LogP contribution in [0.5, 0.6) is 0 Å². The Balaban J connectivity index is 2.40. The van der Waals surface area contributed by atoms with Crippen LogP contribution in [0.4, 0.5) is 0 Å². The fourth-order valence-corrected chi connectivity index (χ4v) is 3.93. The number of benzene rings is 1. The molecule has 0 aliphatic heterocycles. The van der Waals surface area contributed by atoms with Crippen molar-refractivity contribution < 1.29 is 8.42 Å². The zero-order chi connectivity index (χ0) is 16.5. The summed E-state index contributed by atoms with van der Waals surface area (Å²) in [5.41, 5.74) is -0.976. The van der Waals surface area contributed by atoms with E-state index in [0.29, 0.717) is 0 Å². The number of nitrogens with one attached hydrogen (secondary N) is 3. The summed E-state index contributed by atoms with van der Waals surface area (Å²) < 4.78 is 28.0. The topological polar surface area (TPSA) is 112 Å². The van der Waals surface area contributed by atoms with E-state index in [9.17, 15) is 18.0 Å². The summed E-state index contributed by atoms with van der Waals surface area (Å²) >= 11 is 3.31. The van der Waals surface area contributed by atoms with Crippen molar-refractivity contribution in [2.75, 3.05) is 0 Å². The van der Waals surface area contributed by atoms with E-state index < -0.39 is 32.2 Å².